The van der Waals surface area contributed by atoms with Crippen LogP contribution in [0.4, 0.5) is 5.69 Å². The molecule has 0 atom stereocenters. The zero-order valence-electron chi connectivity index (χ0n) is 9.54. The highest BCUT2D eigenvalue weighted by Crippen LogP contribution is 2.21. The van der Waals surface area contributed by atoms with Crippen molar-refractivity contribution in [1.29, 1.82) is 0 Å². The molecular weight excluding hydrogens is 220 g/mol. The van der Waals surface area contributed by atoms with Crippen LogP contribution < -0.4 is 5.73 Å². The van der Waals surface area contributed by atoms with Crippen LogP contribution >= 0.6 is 11.6 Å². The van der Waals surface area contributed by atoms with Crippen LogP contribution in [-0.2, 0) is 6.54 Å². The van der Waals surface area contributed by atoms with Gasteiger partial charge in [-0.1, -0.05) is 29.3 Å². The molecule has 0 amide bonds. The van der Waals surface area contributed by atoms with Crippen molar-refractivity contribution in [2.45, 2.75) is 19.9 Å². The zero-order chi connectivity index (χ0) is 11.5. The Morgan fingerprint density at radius 2 is 2.25 bits per heavy atom. The zero-order valence-corrected chi connectivity index (χ0v) is 10.3. The molecule has 0 fully saturated rings. The maximum absolute atomic E-state index is 5.89. The molecule has 0 saturated carbocycles. The maximum Gasteiger partial charge on any atom is 0.0635 e. The van der Waals surface area contributed by atoms with Gasteiger partial charge in [0, 0.05) is 19.6 Å². The summed E-state index contributed by atoms with van der Waals surface area (Å²) in [5, 5.41) is 0.637. The van der Waals surface area contributed by atoms with Crippen LogP contribution in [0.5, 0.6) is 0 Å². The first-order chi connectivity index (χ1) is 7.65. The van der Waals surface area contributed by atoms with E-state index >= 15 is 0 Å². The van der Waals surface area contributed by atoms with Crippen LogP contribution in [0.3, 0.4) is 0 Å². The number of nitrogen functional groups attached to an aromatic ring is 1. The molecule has 2 rings (SSSR count). The van der Waals surface area contributed by atoms with Crippen LogP contribution in [0, 0.1) is 0 Å². The van der Waals surface area contributed by atoms with E-state index in [0.29, 0.717) is 10.7 Å². The normalized spacial score (nSPS) is 17.2. The van der Waals surface area contributed by atoms with Crippen LogP contribution in [-0.4, -0.2) is 18.0 Å². The molecule has 1 heterocycles. The summed E-state index contributed by atoms with van der Waals surface area (Å²) in [5.74, 6) is 0. The number of nitrogens with two attached hydrogens (primary N) is 1. The molecule has 3 heteroatoms. The second-order valence-electron chi connectivity index (χ2n) is 4.39. The van der Waals surface area contributed by atoms with Crippen molar-refractivity contribution in [2.24, 2.45) is 0 Å². The second kappa shape index (κ2) is 4.89. The van der Waals surface area contributed by atoms with Crippen LogP contribution in [0.15, 0.2) is 29.8 Å². The molecule has 16 heavy (non-hydrogen) atoms. The summed E-state index contributed by atoms with van der Waals surface area (Å²) in [6, 6.07) is 5.88. The smallest absolute Gasteiger partial charge is 0.0635 e. The summed E-state index contributed by atoms with van der Waals surface area (Å²) in [5.41, 5.74) is 9.18. The van der Waals surface area contributed by atoms with E-state index in [1.54, 1.807) is 0 Å². The lowest BCUT2D eigenvalue weighted by molar-refractivity contribution is 0.286. The Morgan fingerprint density at radius 1 is 1.44 bits per heavy atom. The van der Waals surface area contributed by atoms with E-state index in [-0.39, 0.29) is 0 Å². The molecular formula is C13H17ClN2. The number of nitrogens with zero attached hydrogens (tertiary/aromatic N) is 1. The first-order valence-corrected chi connectivity index (χ1v) is 5.95. The van der Waals surface area contributed by atoms with Gasteiger partial charge in [-0.2, -0.15) is 0 Å². The first-order valence-electron chi connectivity index (χ1n) is 5.57. The molecule has 0 aliphatic carbocycles. The van der Waals surface area contributed by atoms with Gasteiger partial charge >= 0.3 is 0 Å². The molecule has 0 radical (unpaired) electrons. The molecule has 1 aromatic rings. The average molecular weight is 237 g/mol. The Bertz CT molecular complexity index is 412. The lowest BCUT2D eigenvalue weighted by atomic mass is 10.1. The van der Waals surface area contributed by atoms with E-state index < -0.39 is 0 Å². The van der Waals surface area contributed by atoms with Gasteiger partial charge in [0.2, 0.25) is 0 Å². The third kappa shape index (κ3) is 2.77. The lowest BCUT2D eigenvalue weighted by Gasteiger charge is -2.25. The molecule has 1 aromatic carbocycles. The minimum absolute atomic E-state index is 0.637. The minimum Gasteiger partial charge on any atom is -0.398 e. The Balaban J connectivity index is 2.02. The fourth-order valence-corrected chi connectivity index (χ4v) is 2.02. The number of hydrogen-bond acceptors (Lipinski definition) is 2. The fraction of sp³-hybridized carbons (Fsp3) is 0.385. The van der Waals surface area contributed by atoms with E-state index in [2.05, 4.69) is 17.9 Å². The third-order valence-electron chi connectivity index (χ3n) is 2.99. The highest BCUT2D eigenvalue weighted by atomic mass is 35.5. The molecule has 2 nitrogen and oxygen atoms in total. The Morgan fingerprint density at radius 3 is 2.88 bits per heavy atom. The van der Waals surface area contributed by atoms with Crippen LogP contribution in [0.2, 0.25) is 5.02 Å². The fourth-order valence-electron chi connectivity index (χ4n) is 1.91. The number of benzene rings is 1. The van der Waals surface area contributed by atoms with E-state index in [4.69, 9.17) is 17.3 Å². The van der Waals surface area contributed by atoms with Crippen molar-refractivity contribution in [1.82, 2.24) is 4.90 Å². The van der Waals surface area contributed by atoms with Crippen molar-refractivity contribution in [3.05, 3.63) is 40.4 Å². The molecule has 1 aliphatic rings. The summed E-state index contributed by atoms with van der Waals surface area (Å²) in [6.07, 6.45) is 3.46. The van der Waals surface area contributed by atoms with Crippen molar-refractivity contribution in [3.8, 4) is 0 Å². The number of hydrogen-bond donors (Lipinski definition) is 1. The maximum atomic E-state index is 5.89. The molecule has 0 saturated heterocycles. The first kappa shape index (κ1) is 11.5. The van der Waals surface area contributed by atoms with E-state index in [9.17, 15) is 0 Å². The van der Waals surface area contributed by atoms with Gasteiger partial charge in [0.15, 0.2) is 0 Å². The highest BCUT2D eigenvalue weighted by Gasteiger charge is 2.10. The molecule has 0 unspecified atom stereocenters. The summed E-state index contributed by atoms with van der Waals surface area (Å²) >= 11 is 5.89. The molecule has 0 aromatic heterocycles. The average Bonchev–Trinajstić information content (AvgIpc) is 2.27. The number of rotatable bonds is 2. The minimum atomic E-state index is 0.637. The van der Waals surface area contributed by atoms with Gasteiger partial charge in [0.05, 0.1) is 10.7 Å². The van der Waals surface area contributed by atoms with Crippen LogP contribution in [0.25, 0.3) is 0 Å². The Kier molecular flexibility index (Phi) is 3.52. The van der Waals surface area contributed by atoms with Gasteiger partial charge in [-0.15, -0.1) is 0 Å². The predicted octanol–water partition coefficient (Wildman–Crippen LogP) is 3.07. The SMILES string of the molecule is CC1=CCN(Cc2ccc(Cl)c(N)c2)CC1. The Labute approximate surface area is 102 Å². The van der Waals surface area contributed by atoms with Crippen LogP contribution in [0.1, 0.15) is 18.9 Å². The largest absolute Gasteiger partial charge is 0.398 e. The number of halogens is 1. The lowest BCUT2D eigenvalue weighted by Crippen LogP contribution is -2.27. The van der Waals surface area contributed by atoms with E-state index in [0.717, 1.165) is 19.6 Å². The summed E-state index contributed by atoms with van der Waals surface area (Å²) in [6.45, 7) is 5.31. The molecule has 2 N–H and O–H groups in total. The summed E-state index contributed by atoms with van der Waals surface area (Å²) in [4.78, 5) is 2.41. The van der Waals surface area contributed by atoms with E-state index in [1.807, 2.05) is 18.2 Å². The van der Waals surface area contributed by atoms with Gasteiger partial charge in [0.25, 0.3) is 0 Å². The Hall–Kier alpha value is -0.990. The van der Waals surface area contributed by atoms with Crippen molar-refractivity contribution >= 4 is 17.3 Å². The molecule has 1 aliphatic heterocycles. The second-order valence-corrected chi connectivity index (χ2v) is 4.80. The van der Waals surface area contributed by atoms with Gasteiger partial charge in [-0.25, -0.2) is 0 Å². The predicted molar refractivity (Wildman–Crippen MR) is 69.5 cm³/mol. The monoisotopic (exact) mass is 236 g/mol. The van der Waals surface area contributed by atoms with Gasteiger partial charge in [0.1, 0.15) is 0 Å². The van der Waals surface area contributed by atoms with Gasteiger partial charge in [-0.3, -0.25) is 4.90 Å². The van der Waals surface area contributed by atoms with Gasteiger partial charge in [-0.05, 0) is 31.0 Å². The standard InChI is InChI=1S/C13H17ClN2/c1-10-4-6-16(7-5-10)9-11-2-3-12(14)13(15)8-11/h2-4,8H,5-7,9,15H2,1H3. The van der Waals surface area contributed by atoms with Crippen molar-refractivity contribution in [3.63, 3.8) is 0 Å². The molecule has 0 bridgehead atoms. The van der Waals surface area contributed by atoms with Crippen molar-refractivity contribution in [2.75, 3.05) is 18.8 Å². The number of anilines is 1. The summed E-state index contributed by atoms with van der Waals surface area (Å²) < 4.78 is 0. The topological polar surface area (TPSA) is 29.3 Å². The quantitative estimate of drug-likeness (QED) is 0.632. The third-order valence-corrected chi connectivity index (χ3v) is 3.33. The van der Waals surface area contributed by atoms with Gasteiger partial charge < -0.3 is 5.73 Å². The molecule has 0 spiro atoms. The van der Waals surface area contributed by atoms with E-state index in [1.165, 1.54) is 17.6 Å². The molecule has 86 valence electrons. The summed E-state index contributed by atoms with van der Waals surface area (Å²) in [7, 11) is 0. The van der Waals surface area contributed by atoms with Crippen molar-refractivity contribution < 1.29 is 0 Å². The highest BCUT2D eigenvalue weighted by molar-refractivity contribution is 6.33.